The number of ether oxygens (including phenoxy) is 1. The molecule has 5 rings (SSSR count). The molecule has 2 heterocycles. The largest absolute Gasteiger partial charge is 0.497 e. The molecule has 0 spiro atoms. The second-order valence-corrected chi connectivity index (χ2v) is 9.56. The molecule has 2 aliphatic heterocycles. The van der Waals surface area contributed by atoms with Crippen molar-refractivity contribution < 1.29 is 19.4 Å². The summed E-state index contributed by atoms with van der Waals surface area (Å²) >= 11 is 0. The molecule has 0 aromatic heterocycles. The second-order valence-electron chi connectivity index (χ2n) is 9.56. The summed E-state index contributed by atoms with van der Waals surface area (Å²) in [5.74, 6) is 7.66. The van der Waals surface area contributed by atoms with Crippen LogP contribution in [0.5, 0.6) is 5.75 Å². The van der Waals surface area contributed by atoms with Crippen LogP contribution < -0.4 is 10.1 Å². The lowest BCUT2D eigenvalue weighted by molar-refractivity contribution is -0.159. The van der Waals surface area contributed by atoms with Gasteiger partial charge < -0.3 is 25.0 Å². The first-order chi connectivity index (χ1) is 17.1. The molecule has 1 aliphatic carbocycles. The van der Waals surface area contributed by atoms with Crippen molar-refractivity contribution in [2.75, 3.05) is 32.1 Å². The van der Waals surface area contributed by atoms with Gasteiger partial charge in [0.2, 0.25) is 5.91 Å². The van der Waals surface area contributed by atoms with E-state index in [2.05, 4.69) is 17.2 Å². The van der Waals surface area contributed by atoms with Gasteiger partial charge in [0.25, 0.3) is 0 Å². The summed E-state index contributed by atoms with van der Waals surface area (Å²) < 4.78 is 5.22. The third-order valence-corrected chi connectivity index (χ3v) is 7.43. The predicted molar refractivity (Wildman–Crippen MR) is 133 cm³/mol. The number of rotatable bonds is 4. The smallest absolute Gasteiger partial charge is 0.322 e. The highest BCUT2D eigenvalue weighted by atomic mass is 16.5. The average molecular weight is 474 g/mol. The summed E-state index contributed by atoms with van der Waals surface area (Å²) in [7, 11) is 1.57. The maximum atomic E-state index is 12.9. The van der Waals surface area contributed by atoms with Gasteiger partial charge in [-0.3, -0.25) is 4.79 Å². The van der Waals surface area contributed by atoms with Gasteiger partial charge in [-0.15, -0.1) is 0 Å². The van der Waals surface area contributed by atoms with E-state index in [1.165, 1.54) is 25.7 Å². The minimum Gasteiger partial charge on any atom is -0.497 e. The van der Waals surface area contributed by atoms with Gasteiger partial charge in [-0.05, 0) is 42.7 Å². The first-order valence-electron chi connectivity index (χ1n) is 12.3. The van der Waals surface area contributed by atoms with Gasteiger partial charge in [0.1, 0.15) is 12.3 Å². The Morgan fingerprint density at radius 2 is 1.94 bits per heavy atom. The number of hydrogen-bond donors (Lipinski definition) is 2. The van der Waals surface area contributed by atoms with Crippen LogP contribution in [-0.2, 0) is 4.79 Å². The fourth-order valence-electron chi connectivity index (χ4n) is 5.60. The molecule has 3 atom stereocenters. The highest BCUT2D eigenvalue weighted by molar-refractivity contribution is 5.94. The number of anilines is 1. The van der Waals surface area contributed by atoms with Crippen LogP contribution in [0.4, 0.5) is 10.5 Å². The van der Waals surface area contributed by atoms with Gasteiger partial charge in [0.05, 0.1) is 25.8 Å². The van der Waals surface area contributed by atoms with Gasteiger partial charge in [-0.25, -0.2) is 4.79 Å². The van der Waals surface area contributed by atoms with E-state index in [4.69, 9.17) is 4.74 Å². The number of hydrogen-bond acceptors (Lipinski definition) is 4. The van der Waals surface area contributed by atoms with Crippen molar-refractivity contribution in [3.8, 4) is 17.6 Å². The Bertz CT molecular complexity index is 1150. The lowest BCUT2D eigenvalue weighted by Crippen LogP contribution is -2.73. The number of urea groups is 1. The topological polar surface area (TPSA) is 82.1 Å². The number of carbonyl (C=O) groups excluding carboxylic acids is 2. The molecule has 7 nitrogen and oxygen atoms in total. The highest BCUT2D eigenvalue weighted by Crippen LogP contribution is 2.43. The molecule has 7 heteroatoms. The van der Waals surface area contributed by atoms with E-state index < -0.39 is 0 Å². The Labute approximate surface area is 206 Å². The summed E-state index contributed by atoms with van der Waals surface area (Å²) in [4.78, 5) is 29.1. The molecular weight excluding hydrogens is 442 g/mol. The number of carbonyl (C=O) groups is 2. The van der Waals surface area contributed by atoms with Gasteiger partial charge in [-0.2, -0.15) is 0 Å². The fraction of sp³-hybridized carbons (Fsp3) is 0.429. The standard InChI is InChI=1S/C28H31N3O4/c1-35-23-8-4-7-22(15-23)29-28(34)30-16-24-27(25(18-32)31(24)26(33)17-30)21-13-11-20(12-14-21)10-9-19-5-2-3-6-19/h4,7-8,11-15,19,24-25,27,32H,2-3,5-6,16-18H2,1H3,(H,29,34)/t24-,25+,27+/m1/s1. The Kier molecular flexibility index (Phi) is 6.65. The Balaban J connectivity index is 1.29. The minimum atomic E-state index is -0.324. The van der Waals surface area contributed by atoms with Gasteiger partial charge >= 0.3 is 6.03 Å². The van der Waals surface area contributed by atoms with Crippen molar-refractivity contribution in [1.29, 1.82) is 0 Å². The van der Waals surface area contributed by atoms with Crippen LogP contribution in [0.25, 0.3) is 0 Å². The van der Waals surface area contributed by atoms with Crippen LogP contribution in [0.15, 0.2) is 48.5 Å². The SMILES string of the molecule is COc1cccc(NC(=O)N2CC(=O)N3[C@H](C2)[C@H](c2ccc(C#CC4CCCC4)cc2)[C@@H]3CO)c1. The molecule has 182 valence electrons. The molecule has 3 amide bonds. The molecule has 2 N–H and O–H groups in total. The summed E-state index contributed by atoms with van der Waals surface area (Å²) in [6.07, 6.45) is 4.93. The maximum Gasteiger partial charge on any atom is 0.322 e. The summed E-state index contributed by atoms with van der Waals surface area (Å²) in [5.41, 5.74) is 2.65. The number of methoxy groups -OCH3 is 1. The van der Waals surface area contributed by atoms with E-state index in [1.807, 2.05) is 24.3 Å². The zero-order chi connectivity index (χ0) is 24.4. The van der Waals surface area contributed by atoms with Crippen LogP contribution >= 0.6 is 0 Å². The van der Waals surface area contributed by atoms with Crippen LogP contribution in [0.1, 0.15) is 42.7 Å². The normalized spacial score (nSPS) is 23.7. The second kappa shape index (κ2) is 10.0. The monoisotopic (exact) mass is 473 g/mol. The summed E-state index contributed by atoms with van der Waals surface area (Å²) in [6.45, 7) is 0.295. The highest BCUT2D eigenvalue weighted by Gasteiger charge is 2.54. The Hall–Kier alpha value is -3.50. The van der Waals surface area contributed by atoms with E-state index in [1.54, 1.807) is 41.2 Å². The molecule has 0 unspecified atom stereocenters. The van der Waals surface area contributed by atoms with Crippen molar-refractivity contribution in [2.45, 2.75) is 43.7 Å². The summed E-state index contributed by atoms with van der Waals surface area (Å²) in [6, 6.07) is 14.5. The quantitative estimate of drug-likeness (QED) is 0.667. The molecule has 3 fully saturated rings. The van der Waals surface area contributed by atoms with Crippen LogP contribution in [0, 0.1) is 17.8 Å². The van der Waals surface area contributed by atoms with E-state index in [9.17, 15) is 14.7 Å². The van der Waals surface area contributed by atoms with Gasteiger partial charge in [0.15, 0.2) is 0 Å². The molecule has 2 aromatic carbocycles. The van der Waals surface area contributed by atoms with Crippen LogP contribution in [-0.4, -0.2) is 65.7 Å². The minimum absolute atomic E-state index is 0.00871. The number of benzene rings is 2. The molecule has 2 aromatic rings. The van der Waals surface area contributed by atoms with E-state index >= 15 is 0 Å². The van der Waals surface area contributed by atoms with E-state index in [0.717, 1.165) is 11.1 Å². The number of aliphatic hydroxyl groups is 1. The average Bonchev–Trinajstić information content (AvgIpc) is 3.38. The number of fused-ring (bicyclic) bond motifs is 1. The third kappa shape index (κ3) is 4.71. The molecular formula is C28H31N3O4. The van der Waals surface area contributed by atoms with Crippen molar-refractivity contribution in [2.24, 2.45) is 5.92 Å². The summed E-state index contributed by atoms with van der Waals surface area (Å²) in [5, 5.41) is 12.9. The molecule has 3 aliphatic rings. The first kappa shape index (κ1) is 23.3. The molecule has 1 saturated carbocycles. The van der Waals surface area contributed by atoms with Crippen molar-refractivity contribution in [1.82, 2.24) is 9.80 Å². The molecule has 2 saturated heterocycles. The maximum absolute atomic E-state index is 12.9. The van der Waals surface area contributed by atoms with E-state index in [-0.39, 0.29) is 43.1 Å². The number of nitrogens with zero attached hydrogens (tertiary/aromatic N) is 2. The molecule has 0 radical (unpaired) electrons. The predicted octanol–water partition coefficient (Wildman–Crippen LogP) is 3.44. The van der Waals surface area contributed by atoms with Crippen molar-refractivity contribution in [3.63, 3.8) is 0 Å². The lowest BCUT2D eigenvalue weighted by Gasteiger charge is -2.58. The Morgan fingerprint density at radius 3 is 2.66 bits per heavy atom. The first-order valence-corrected chi connectivity index (χ1v) is 12.3. The number of piperazine rings is 1. The van der Waals surface area contributed by atoms with Crippen LogP contribution in [0.2, 0.25) is 0 Å². The van der Waals surface area contributed by atoms with Gasteiger partial charge in [-0.1, -0.05) is 42.9 Å². The van der Waals surface area contributed by atoms with Crippen molar-refractivity contribution in [3.05, 3.63) is 59.7 Å². The lowest BCUT2D eigenvalue weighted by atomic mass is 9.73. The van der Waals surface area contributed by atoms with Crippen LogP contribution in [0.3, 0.4) is 0 Å². The Morgan fingerprint density at radius 1 is 1.17 bits per heavy atom. The third-order valence-electron chi connectivity index (χ3n) is 7.43. The zero-order valence-electron chi connectivity index (χ0n) is 19.9. The van der Waals surface area contributed by atoms with E-state index in [0.29, 0.717) is 23.9 Å². The molecule has 0 bridgehead atoms. The number of amides is 3. The number of aliphatic hydroxyl groups excluding tert-OH is 1. The number of nitrogens with one attached hydrogen (secondary N) is 1. The van der Waals surface area contributed by atoms with Gasteiger partial charge in [0, 0.05) is 35.7 Å². The zero-order valence-corrected chi connectivity index (χ0v) is 19.9. The molecule has 35 heavy (non-hydrogen) atoms. The van der Waals surface area contributed by atoms with Crippen molar-refractivity contribution >= 4 is 17.6 Å². The fourth-order valence-corrected chi connectivity index (χ4v) is 5.60.